The fourth-order valence-electron chi connectivity index (χ4n) is 1.65. The number of benzene rings is 1. The van der Waals surface area contributed by atoms with E-state index < -0.39 is 5.60 Å². The quantitative estimate of drug-likeness (QED) is 0.786. The summed E-state index contributed by atoms with van der Waals surface area (Å²) < 4.78 is 5.23. The Morgan fingerprint density at radius 1 is 1.33 bits per heavy atom. The molecule has 1 aromatic rings. The number of ether oxygens (including phenoxy) is 1. The molecule has 0 saturated carbocycles. The zero-order valence-electron chi connectivity index (χ0n) is 12.9. The zero-order valence-corrected chi connectivity index (χ0v) is 12.9. The molecule has 0 spiro atoms. The summed E-state index contributed by atoms with van der Waals surface area (Å²) in [6.07, 6.45) is 0.807. The number of amides is 1. The largest absolute Gasteiger partial charge is 0.395 e. The third-order valence-corrected chi connectivity index (χ3v) is 3.05. The van der Waals surface area contributed by atoms with Crippen LogP contribution in [0.3, 0.4) is 0 Å². The van der Waals surface area contributed by atoms with E-state index in [-0.39, 0.29) is 12.5 Å². The maximum atomic E-state index is 11.8. The summed E-state index contributed by atoms with van der Waals surface area (Å²) in [6, 6.07) is 7.69. The van der Waals surface area contributed by atoms with E-state index in [9.17, 15) is 4.79 Å². The standard InChI is InChI=1S/C17H23NO3/c1-17(2,21-3)12-16(20)18-13-15-9-7-14(8-10-15)6-4-5-11-19/h7-10,19H,5,11-13H2,1-3H3,(H,18,20). The molecule has 114 valence electrons. The molecule has 0 heterocycles. The minimum Gasteiger partial charge on any atom is -0.395 e. The Morgan fingerprint density at radius 2 is 2.00 bits per heavy atom. The second-order valence-corrected chi connectivity index (χ2v) is 5.39. The summed E-state index contributed by atoms with van der Waals surface area (Å²) in [5, 5.41) is 11.5. The van der Waals surface area contributed by atoms with Gasteiger partial charge < -0.3 is 15.2 Å². The Bertz CT molecular complexity index is 509. The molecule has 4 heteroatoms. The van der Waals surface area contributed by atoms with Gasteiger partial charge >= 0.3 is 0 Å². The van der Waals surface area contributed by atoms with Crippen LogP contribution < -0.4 is 5.32 Å². The highest BCUT2D eigenvalue weighted by molar-refractivity contribution is 5.76. The van der Waals surface area contributed by atoms with Gasteiger partial charge in [-0.05, 0) is 31.5 Å². The molecule has 0 unspecified atom stereocenters. The molecule has 0 bridgehead atoms. The summed E-state index contributed by atoms with van der Waals surface area (Å²) in [5.74, 6) is 5.80. The second-order valence-electron chi connectivity index (χ2n) is 5.39. The first-order valence-corrected chi connectivity index (χ1v) is 6.97. The predicted octanol–water partition coefficient (Wildman–Crippen LogP) is 1.85. The zero-order chi connectivity index (χ0) is 15.7. The molecule has 21 heavy (non-hydrogen) atoms. The van der Waals surface area contributed by atoms with Gasteiger partial charge in [-0.3, -0.25) is 4.79 Å². The van der Waals surface area contributed by atoms with Crippen molar-refractivity contribution in [2.45, 2.75) is 38.8 Å². The van der Waals surface area contributed by atoms with Gasteiger partial charge in [-0.1, -0.05) is 24.0 Å². The topological polar surface area (TPSA) is 58.6 Å². The van der Waals surface area contributed by atoms with E-state index in [2.05, 4.69) is 17.2 Å². The minimum absolute atomic E-state index is 0.0336. The number of rotatable bonds is 6. The molecule has 1 amide bonds. The van der Waals surface area contributed by atoms with Crippen LogP contribution in [0.2, 0.25) is 0 Å². The van der Waals surface area contributed by atoms with Crippen LogP contribution in [0.25, 0.3) is 0 Å². The van der Waals surface area contributed by atoms with E-state index in [0.717, 1.165) is 11.1 Å². The van der Waals surface area contributed by atoms with Crippen molar-refractivity contribution in [3.63, 3.8) is 0 Å². The van der Waals surface area contributed by atoms with Gasteiger partial charge in [0.05, 0.1) is 18.6 Å². The fraction of sp³-hybridized carbons (Fsp3) is 0.471. The first kappa shape index (κ1) is 17.2. The number of carbonyl (C=O) groups is 1. The van der Waals surface area contributed by atoms with Gasteiger partial charge in [-0.15, -0.1) is 0 Å². The maximum Gasteiger partial charge on any atom is 0.223 e. The van der Waals surface area contributed by atoms with Crippen LogP contribution in [0.15, 0.2) is 24.3 Å². The second kappa shape index (κ2) is 8.46. The molecule has 0 atom stereocenters. The van der Waals surface area contributed by atoms with E-state index in [1.807, 2.05) is 38.1 Å². The van der Waals surface area contributed by atoms with Crippen molar-refractivity contribution in [3.05, 3.63) is 35.4 Å². The highest BCUT2D eigenvalue weighted by Crippen LogP contribution is 2.12. The third kappa shape index (κ3) is 6.94. The molecular formula is C17H23NO3. The summed E-state index contributed by atoms with van der Waals surface area (Å²) >= 11 is 0. The van der Waals surface area contributed by atoms with Crippen LogP contribution in [-0.4, -0.2) is 30.3 Å². The van der Waals surface area contributed by atoms with E-state index in [1.165, 1.54) is 0 Å². The first-order chi connectivity index (χ1) is 9.96. The smallest absolute Gasteiger partial charge is 0.223 e. The number of methoxy groups -OCH3 is 1. The Morgan fingerprint density at radius 3 is 2.57 bits per heavy atom. The van der Waals surface area contributed by atoms with E-state index in [1.54, 1.807) is 7.11 Å². The Hall–Kier alpha value is -1.83. The van der Waals surface area contributed by atoms with Crippen LogP contribution in [0, 0.1) is 11.8 Å². The summed E-state index contributed by atoms with van der Waals surface area (Å²) in [4.78, 5) is 11.8. The first-order valence-electron chi connectivity index (χ1n) is 6.97. The minimum atomic E-state index is -0.448. The number of aliphatic hydroxyl groups excluding tert-OH is 1. The fourth-order valence-corrected chi connectivity index (χ4v) is 1.65. The molecule has 0 aliphatic heterocycles. The Balaban J connectivity index is 2.46. The van der Waals surface area contributed by atoms with Crippen molar-refractivity contribution >= 4 is 5.91 Å². The maximum absolute atomic E-state index is 11.8. The number of hydrogen-bond donors (Lipinski definition) is 2. The molecule has 0 radical (unpaired) electrons. The molecule has 0 aromatic heterocycles. The van der Waals surface area contributed by atoms with Gasteiger partial charge in [0, 0.05) is 25.6 Å². The van der Waals surface area contributed by atoms with Crippen LogP contribution in [0.1, 0.15) is 37.8 Å². The van der Waals surface area contributed by atoms with E-state index in [0.29, 0.717) is 19.4 Å². The molecular weight excluding hydrogens is 266 g/mol. The molecule has 0 saturated heterocycles. The van der Waals surface area contributed by atoms with Crippen LogP contribution in [-0.2, 0) is 16.1 Å². The van der Waals surface area contributed by atoms with Crippen LogP contribution >= 0.6 is 0 Å². The molecule has 2 N–H and O–H groups in total. The number of carbonyl (C=O) groups excluding carboxylic acids is 1. The summed E-state index contributed by atoms with van der Waals surface area (Å²) in [5.41, 5.74) is 1.47. The average molecular weight is 289 g/mol. The Kier molecular flexibility index (Phi) is 6.93. The van der Waals surface area contributed by atoms with E-state index in [4.69, 9.17) is 9.84 Å². The average Bonchev–Trinajstić information content (AvgIpc) is 2.46. The van der Waals surface area contributed by atoms with Gasteiger partial charge in [0.15, 0.2) is 0 Å². The van der Waals surface area contributed by atoms with Crippen molar-refractivity contribution in [1.82, 2.24) is 5.32 Å². The van der Waals surface area contributed by atoms with E-state index >= 15 is 0 Å². The lowest BCUT2D eigenvalue weighted by Gasteiger charge is -2.21. The van der Waals surface area contributed by atoms with Gasteiger partial charge in [0.25, 0.3) is 0 Å². The van der Waals surface area contributed by atoms with Crippen LogP contribution in [0.4, 0.5) is 0 Å². The van der Waals surface area contributed by atoms with Crippen molar-refractivity contribution in [3.8, 4) is 11.8 Å². The monoisotopic (exact) mass is 289 g/mol. The van der Waals surface area contributed by atoms with Gasteiger partial charge in [0.2, 0.25) is 5.91 Å². The van der Waals surface area contributed by atoms with Crippen molar-refractivity contribution in [2.75, 3.05) is 13.7 Å². The molecule has 0 aliphatic rings. The molecule has 1 aromatic carbocycles. The third-order valence-electron chi connectivity index (χ3n) is 3.05. The van der Waals surface area contributed by atoms with Crippen molar-refractivity contribution in [1.29, 1.82) is 0 Å². The van der Waals surface area contributed by atoms with Crippen LogP contribution in [0.5, 0.6) is 0 Å². The van der Waals surface area contributed by atoms with Gasteiger partial charge in [0.1, 0.15) is 0 Å². The summed E-state index contributed by atoms with van der Waals surface area (Å²) in [7, 11) is 1.60. The normalized spacial score (nSPS) is 10.7. The van der Waals surface area contributed by atoms with Crippen molar-refractivity contribution < 1.29 is 14.6 Å². The van der Waals surface area contributed by atoms with Gasteiger partial charge in [-0.25, -0.2) is 0 Å². The lowest BCUT2D eigenvalue weighted by Crippen LogP contribution is -2.33. The Labute approximate surface area is 126 Å². The molecule has 4 nitrogen and oxygen atoms in total. The summed E-state index contributed by atoms with van der Waals surface area (Å²) in [6.45, 7) is 4.33. The lowest BCUT2D eigenvalue weighted by molar-refractivity contribution is -0.126. The highest BCUT2D eigenvalue weighted by atomic mass is 16.5. The number of aliphatic hydroxyl groups is 1. The molecule has 0 aliphatic carbocycles. The molecule has 1 rings (SSSR count). The highest BCUT2D eigenvalue weighted by Gasteiger charge is 2.20. The lowest BCUT2D eigenvalue weighted by atomic mass is 10.0. The van der Waals surface area contributed by atoms with Crippen molar-refractivity contribution in [2.24, 2.45) is 0 Å². The number of nitrogens with one attached hydrogen (secondary N) is 1. The molecule has 0 fully saturated rings. The SMILES string of the molecule is COC(C)(C)CC(=O)NCc1ccc(C#CCCO)cc1. The number of hydrogen-bond acceptors (Lipinski definition) is 3. The van der Waals surface area contributed by atoms with Gasteiger partial charge in [-0.2, -0.15) is 0 Å². The predicted molar refractivity (Wildman–Crippen MR) is 82.6 cm³/mol.